The zero-order valence-electron chi connectivity index (χ0n) is 5.93. The molecule has 0 nitrogen and oxygen atoms in total. The molecule has 1 aromatic rings. The van der Waals surface area contributed by atoms with Crippen molar-refractivity contribution in [3.8, 4) is 0 Å². The summed E-state index contributed by atoms with van der Waals surface area (Å²) in [6.07, 6.45) is 5.96. The number of fused-ring (bicyclic) bond motifs is 1. The number of hydrogen-bond donors (Lipinski definition) is 0. The molecular weight excluding hydrogens is 120 g/mol. The van der Waals surface area contributed by atoms with E-state index in [4.69, 9.17) is 0 Å². The van der Waals surface area contributed by atoms with Crippen molar-refractivity contribution in [3.05, 3.63) is 41.8 Å². The smallest absolute Gasteiger partial charge is 0.0181 e. The highest BCUT2D eigenvalue weighted by Crippen LogP contribution is 2.18. The molecule has 0 heterocycles. The molecule has 0 amide bonds. The third kappa shape index (κ3) is 0.942. The molecule has 0 aliphatic heterocycles. The fourth-order valence-electron chi connectivity index (χ4n) is 1.45. The van der Waals surface area contributed by atoms with E-state index in [-0.39, 0.29) is 0 Å². The van der Waals surface area contributed by atoms with Gasteiger partial charge in [-0.2, -0.15) is 0 Å². The minimum absolute atomic E-state index is 1.15. The molecular formula is C10H10. The molecule has 50 valence electrons. The molecule has 0 saturated heterocycles. The van der Waals surface area contributed by atoms with Crippen LogP contribution in [0, 0.1) is 12.5 Å². The molecule has 1 aliphatic rings. The van der Waals surface area contributed by atoms with Crippen LogP contribution >= 0.6 is 0 Å². The molecule has 0 fully saturated rings. The van der Waals surface area contributed by atoms with Gasteiger partial charge >= 0.3 is 0 Å². The van der Waals surface area contributed by atoms with Crippen LogP contribution in [-0.2, 0) is 12.8 Å². The Labute approximate surface area is 61.9 Å². The molecule has 0 atom stereocenters. The number of rotatable bonds is 0. The topological polar surface area (TPSA) is 0 Å². The molecule has 0 spiro atoms. The molecule has 10 heavy (non-hydrogen) atoms. The molecule has 1 aromatic carbocycles. The summed E-state index contributed by atoms with van der Waals surface area (Å²) in [5, 5.41) is 0. The monoisotopic (exact) mass is 130 g/mol. The van der Waals surface area contributed by atoms with E-state index < -0.39 is 0 Å². The van der Waals surface area contributed by atoms with Gasteiger partial charge in [0.25, 0.3) is 0 Å². The van der Waals surface area contributed by atoms with Gasteiger partial charge in [0.1, 0.15) is 0 Å². The van der Waals surface area contributed by atoms with Crippen LogP contribution in [0.1, 0.15) is 17.5 Å². The van der Waals surface area contributed by atoms with E-state index in [1.165, 1.54) is 24.0 Å². The predicted molar refractivity (Wildman–Crippen MR) is 41.6 cm³/mol. The quantitative estimate of drug-likeness (QED) is 0.505. The minimum atomic E-state index is 1.15. The molecule has 1 aliphatic carbocycles. The number of hydrogen-bond acceptors (Lipinski definition) is 0. The molecule has 0 N–H and O–H groups in total. The maximum atomic E-state index is 3.10. The van der Waals surface area contributed by atoms with Crippen molar-refractivity contribution in [1.82, 2.24) is 0 Å². The first kappa shape index (κ1) is 5.96. The van der Waals surface area contributed by atoms with Gasteiger partial charge in [0.05, 0.1) is 0 Å². The van der Waals surface area contributed by atoms with Gasteiger partial charge in [0, 0.05) is 0 Å². The standard InChI is InChI=1S/C10H10/c1-2-6-10-8-4-3-7-9(10)5-1/h1,4,7-8H,2,5-6H2. The van der Waals surface area contributed by atoms with Crippen LogP contribution in [-0.4, -0.2) is 0 Å². The third-order valence-corrected chi connectivity index (χ3v) is 2.03. The van der Waals surface area contributed by atoms with Crippen molar-refractivity contribution >= 4 is 0 Å². The van der Waals surface area contributed by atoms with Crippen molar-refractivity contribution < 1.29 is 0 Å². The van der Waals surface area contributed by atoms with Gasteiger partial charge in [-0.15, -0.1) is 0 Å². The van der Waals surface area contributed by atoms with E-state index in [1.54, 1.807) is 0 Å². The Morgan fingerprint density at radius 1 is 1.30 bits per heavy atom. The second-order valence-electron chi connectivity index (χ2n) is 2.73. The van der Waals surface area contributed by atoms with E-state index in [0.29, 0.717) is 0 Å². The highest BCUT2D eigenvalue weighted by Gasteiger charge is 2.06. The summed E-state index contributed by atoms with van der Waals surface area (Å²) >= 11 is 0. The second-order valence-corrected chi connectivity index (χ2v) is 2.73. The van der Waals surface area contributed by atoms with E-state index in [0.717, 1.165) is 6.42 Å². The SMILES string of the molecule is [c]1ccc2c(c1)C[CH]CC2. The summed E-state index contributed by atoms with van der Waals surface area (Å²) in [6.45, 7) is 0. The van der Waals surface area contributed by atoms with Crippen LogP contribution in [0.2, 0.25) is 0 Å². The van der Waals surface area contributed by atoms with E-state index in [1.807, 2.05) is 6.07 Å². The Balaban J connectivity index is 2.41. The Hall–Kier alpha value is -0.780. The van der Waals surface area contributed by atoms with Crippen molar-refractivity contribution in [2.24, 2.45) is 0 Å². The normalized spacial score (nSPS) is 16.4. The predicted octanol–water partition coefficient (Wildman–Crippen LogP) is 2.18. The van der Waals surface area contributed by atoms with Gasteiger partial charge in [-0.3, -0.25) is 0 Å². The Morgan fingerprint density at radius 3 is 3.20 bits per heavy atom. The van der Waals surface area contributed by atoms with Gasteiger partial charge in [-0.25, -0.2) is 0 Å². The average molecular weight is 130 g/mol. The van der Waals surface area contributed by atoms with Gasteiger partial charge in [0.2, 0.25) is 0 Å². The van der Waals surface area contributed by atoms with E-state index in [2.05, 4.69) is 24.6 Å². The first-order valence-corrected chi connectivity index (χ1v) is 3.76. The van der Waals surface area contributed by atoms with Crippen molar-refractivity contribution in [3.63, 3.8) is 0 Å². The summed E-state index contributed by atoms with van der Waals surface area (Å²) in [7, 11) is 0. The zero-order chi connectivity index (χ0) is 6.81. The Morgan fingerprint density at radius 2 is 2.30 bits per heavy atom. The van der Waals surface area contributed by atoms with Gasteiger partial charge in [-0.1, -0.05) is 18.2 Å². The summed E-state index contributed by atoms with van der Waals surface area (Å²) in [5.41, 5.74) is 2.98. The molecule has 0 heteroatoms. The van der Waals surface area contributed by atoms with Crippen molar-refractivity contribution in [1.29, 1.82) is 0 Å². The molecule has 2 radical (unpaired) electrons. The third-order valence-electron chi connectivity index (χ3n) is 2.03. The number of benzene rings is 1. The lowest BCUT2D eigenvalue weighted by Crippen LogP contribution is -2.01. The second kappa shape index (κ2) is 2.45. The lowest BCUT2D eigenvalue weighted by atomic mass is 9.92. The molecule has 2 rings (SSSR count). The zero-order valence-corrected chi connectivity index (χ0v) is 5.93. The van der Waals surface area contributed by atoms with Gasteiger partial charge in [0.15, 0.2) is 0 Å². The highest BCUT2D eigenvalue weighted by atomic mass is 14.1. The lowest BCUT2D eigenvalue weighted by Gasteiger charge is -2.13. The van der Waals surface area contributed by atoms with Gasteiger partial charge < -0.3 is 0 Å². The highest BCUT2D eigenvalue weighted by molar-refractivity contribution is 5.30. The van der Waals surface area contributed by atoms with Crippen LogP contribution in [0.5, 0.6) is 0 Å². The minimum Gasteiger partial charge on any atom is -0.0582 e. The van der Waals surface area contributed by atoms with E-state index in [9.17, 15) is 0 Å². The van der Waals surface area contributed by atoms with Gasteiger partial charge in [-0.05, 0) is 42.9 Å². The Kier molecular flexibility index (Phi) is 1.46. The van der Waals surface area contributed by atoms with Crippen LogP contribution < -0.4 is 0 Å². The van der Waals surface area contributed by atoms with Crippen LogP contribution in [0.3, 0.4) is 0 Å². The fraction of sp³-hybridized carbons (Fsp3) is 0.300. The average Bonchev–Trinajstić information content (AvgIpc) is 2.05. The lowest BCUT2D eigenvalue weighted by molar-refractivity contribution is 0.829. The molecule has 0 unspecified atom stereocenters. The van der Waals surface area contributed by atoms with Crippen LogP contribution in [0.25, 0.3) is 0 Å². The van der Waals surface area contributed by atoms with Crippen LogP contribution in [0.15, 0.2) is 18.2 Å². The van der Waals surface area contributed by atoms with E-state index >= 15 is 0 Å². The first-order valence-electron chi connectivity index (χ1n) is 3.76. The summed E-state index contributed by atoms with van der Waals surface area (Å²) in [6, 6.07) is 9.39. The molecule has 0 saturated carbocycles. The summed E-state index contributed by atoms with van der Waals surface area (Å²) < 4.78 is 0. The van der Waals surface area contributed by atoms with Crippen LogP contribution in [0.4, 0.5) is 0 Å². The van der Waals surface area contributed by atoms with Crippen molar-refractivity contribution in [2.45, 2.75) is 19.3 Å². The maximum Gasteiger partial charge on any atom is -0.0181 e. The Bertz CT molecular complexity index is 200. The first-order chi connectivity index (χ1) is 4.97. The molecule has 0 aromatic heterocycles. The summed E-state index contributed by atoms with van der Waals surface area (Å²) in [5.74, 6) is 0. The maximum absolute atomic E-state index is 3.10. The molecule has 0 bridgehead atoms. The largest absolute Gasteiger partial charge is 0.0582 e. The number of aryl methyl sites for hydroxylation is 1. The fourth-order valence-corrected chi connectivity index (χ4v) is 1.45. The van der Waals surface area contributed by atoms with Crippen molar-refractivity contribution in [2.75, 3.05) is 0 Å². The summed E-state index contributed by atoms with van der Waals surface area (Å²) in [4.78, 5) is 0.